The minimum absolute atomic E-state index is 0.0340. The maximum Gasteiger partial charge on any atom is 0.137 e. The highest BCUT2D eigenvalue weighted by Crippen LogP contribution is 2.43. The van der Waals surface area contributed by atoms with Crippen molar-refractivity contribution in [3.63, 3.8) is 0 Å². The molecule has 31 heavy (non-hydrogen) atoms. The average molecular weight is 437 g/mol. The molecule has 1 aliphatic rings. The van der Waals surface area contributed by atoms with Gasteiger partial charge in [0.15, 0.2) is 0 Å². The van der Waals surface area contributed by atoms with Gasteiger partial charge in [-0.1, -0.05) is 37.1 Å². The topological polar surface area (TPSA) is 51.7 Å². The van der Waals surface area contributed by atoms with Gasteiger partial charge in [0.2, 0.25) is 0 Å². The number of nitrogens with zero attached hydrogens (tertiary/aromatic N) is 2. The number of ether oxygens (including phenoxy) is 2. The van der Waals surface area contributed by atoms with Crippen LogP contribution in [0.25, 0.3) is 11.3 Å². The molecular weight excluding hydrogens is 408 g/mol. The molecule has 0 saturated carbocycles. The highest BCUT2D eigenvalue weighted by Gasteiger charge is 2.33. The van der Waals surface area contributed by atoms with Gasteiger partial charge < -0.3 is 14.3 Å². The van der Waals surface area contributed by atoms with Crippen molar-refractivity contribution in [1.82, 2.24) is 9.88 Å². The van der Waals surface area contributed by atoms with Crippen molar-refractivity contribution in [2.45, 2.75) is 44.3 Å². The summed E-state index contributed by atoms with van der Waals surface area (Å²) in [5.41, 5.74) is 6.12. The molecule has 1 fully saturated rings. The molecular formula is C25H28N2O3S. The Morgan fingerprint density at radius 1 is 1.10 bits per heavy atom. The summed E-state index contributed by atoms with van der Waals surface area (Å²) in [5, 5.41) is 2.06. The van der Waals surface area contributed by atoms with Crippen LogP contribution in [-0.2, 0) is 11.3 Å². The lowest BCUT2D eigenvalue weighted by atomic mass is 9.97. The number of aromatic nitrogens is 1. The van der Waals surface area contributed by atoms with Crippen LogP contribution in [0.4, 0.5) is 0 Å². The molecule has 162 valence electrons. The first-order valence-corrected chi connectivity index (χ1v) is 11.6. The second kappa shape index (κ2) is 10.1. The van der Waals surface area contributed by atoms with E-state index in [9.17, 15) is 4.79 Å². The van der Waals surface area contributed by atoms with E-state index in [4.69, 9.17) is 9.47 Å². The molecule has 0 aliphatic carbocycles. The van der Waals surface area contributed by atoms with Gasteiger partial charge in [0.25, 0.3) is 0 Å². The zero-order valence-corrected chi connectivity index (χ0v) is 18.8. The van der Waals surface area contributed by atoms with E-state index in [0.29, 0.717) is 6.54 Å². The summed E-state index contributed by atoms with van der Waals surface area (Å²) in [6, 6.07) is 14.2. The molecule has 1 saturated heterocycles. The third-order valence-electron chi connectivity index (χ3n) is 6.03. The summed E-state index contributed by atoms with van der Waals surface area (Å²) in [7, 11) is 3.38. The van der Waals surface area contributed by atoms with Crippen LogP contribution in [0.15, 0.2) is 53.4 Å². The van der Waals surface area contributed by atoms with E-state index in [2.05, 4.69) is 39.5 Å². The fraction of sp³-hybridized carbons (Fsp3) is 0.360. The third-order valence-corrected chi connectivity index (χ3v) is 6.62. The number of likely N-dealkylation sites (tertiary alicyclic amines) is 1. The van der Waals surface area contributed by atoms with Crippen LogP contribution in [0, 0.1) is 0 Å². The van der Waals surface area contributed by atoms with Gasteiger partial charge >= 0.3 is 0 Å². The molecule has 1 aliphatic heterocycles. The Morgan fingerprint density at radius 3 is 2.52 bits per heavy atom. The Hall–Kier alpha value is -2.70. The monoisotopic (exact) mass is 436 g/mol. The molecule has 2 unspecified atom stereocenters. The minimum Gasteiger partial charge on any atom is -0.496 e. The van der Waals surface area contributed by atoms with Crippen LogP contribution in [0.2, 0.25) is 0 Å². The molecule has 0 bridgehead atoms. The van der Waals surface area contributed by atoms with Crippen LogP contribution in [0.1, 0.15) is 42.9 Å². The maximum atomic E-state index is 12.1. The first kappa shape index (κ1) is 21.5. The van der Waals surface area contributed by atoms with Crippen LogP contribution < -0.4 is 9.47 Å². The molecule has 4 rings (SSSR count). The van der Waals surface area contributed by atoms with E-state index in [1.165, 1.54) is 0 Å². The Kier molecular flexibility index (Phi) is 6.99. The Labute approximate surface area is 187 Å². The number of carbonyl (C=O) groups is 1. The molecule has 6 heteroatoms. The molecule has 1 aromatic heterocycles. The van der Waals surface area contributed by atoms with Crippen molar-refractivity contribution in [3.05, 3.63) is 64.5 Å². The normalized spacial score (nSPS) is 19.5. The number of carbonyl (C=O) groups excluding carboxylic acids is 1. The lowest BCUT2D eigenvalue weighted by Gasteiger charge is -2.35. The van der Waals surface area contributed by atoms with Crippen molar-refractivity contribution < 1.29 is 14.3 Å². The van der Waals surface area contributed by atoms with Gasteiger partial charge in [-0.15, -0.1) is 11.3 Å². The smallest absolute Gasteiger partial charge is 0.137 e. The summed E-state index contributed by atoms with van der Waals surface area (Å²) in [4.78, 5) is 18.9. The molecule has 5 nitrogen and oxygen atoms in total. The van der Waals surface area contributed by atoms with E-state index in [0.717, 1.165) is 65.9 Å². The molecule has 0 amide bonds. The number of aldehydes is 1. The van der Waals surface area contributed by atoms with E-state index < -0.39 is 0 Å². The Bertz CT molecular complexity index is 984. The summed E-state index contributed by atoms with van der Waals surface area (Å²) in [6.45, 7) is 0.674. The molecule has 2 heterocycles. The van der Waals surface area contributed by atoms with Crippen LogP contribution >= 0.6 is 11.3 Å². The zero-order chi connectivity index (χ0) is 21.6. The zero-order valence-electron chi connectivity index (χ0n) is 18.0. The molecule has 0 N–H and O–H groups in total. The van der Waals surface area contributed by atoms with Gasteiger partial charge in [-0.3, -0.25) is 4.90 Å². The maximum absolute atomic E-state index is 12.1. The van der Waals surface area contributed by atoms with Gasteiger partial charge in [-0.05, 0) is 36.6 Å². The fourth-order valence-corrected chi connectivity index (χ4v) is 5.10. The second-order valence-corrected chi connectivity index (χ2v) is 8.54. The first-order valence-electron chi connectivity index (χ1n) is 10.6. The number of hydrogen-bond acceptors (Lipinski definition) is 6. The quantitative estimate of drug-likeness (QED) is 0.457. The fourth-order valence-electron chi connectivity index (χ4n) is 4.54. The second-order valence-electron chi connectivity index (χ2n) is 7.83. The van der Waals surface area contributed by atoms with E-state index in [1.807, 2.05) is 23.7 Å². The van der Waals surface area contributed by atoms with Crippen molar-refractivity contribution in [3.8, 4) is 22.8 Å². The summed E-state index contributed by atoms with van der Waals surface area (Å²) in [5.74, 6) is 1.61. The van der Waals surface area contributed by atoms with Crippen molar-refractivity contribution >= 4 is 17.6 Å². The lowest BCUT2D eigenvalue weighted by molar-refractivity contribution is -0.113. The molecule has 0 radical (unpaired) electrons. The SMILES string of the molecule is COc1cccc(OC)c1C1CCCCC(C=O)N1Cc1cccc(-c2cscn2)c1. The van der Waals surface area contributed by atoms with Crippen LogP contribution in [0.5, 0.6) is 11.5 Å². The van der Waals surface area contributed by atoms with Gasteiger partial charge in [0.1, 0.15) is 17.8 Å². The molecule has 3 aromatic rings. The van der Waals surface area contributed by atoms with Crippen molar-refractivity contribution in [1.29, 1.82) is 0 Å². The van der Waals surface area contributed by atoms with Gasteiger partial charge in [-0.25, -0.2) is 4.98 Å². The number of benzene rings is 2. The number of methoxy groups -OCH3 is 2. The van der Waals surface area contributed by atoms with Gasteiger partial charge in [-0.2, -0.15) is 0 Å². The summed E-state index contributed by atoms with van der Waals surface area (Å²) in [6.07, 6.45) is 5.01. The van der Waals surface area contributed by atoms with Crippen molar-refractivity contribution in [2.75, 3.05) is 14.2 Å². The average Bonchev–Trinajstić information content (AvgIpc) is 3.28. The lowest BCUT2D eigenvalue weighted by Crippen LogP contribution is -2.38. The standard InChI is InChI=1S/C25H28N2O3S/c1-29-23-11-6-12-24(30-2)25(23)22-10-4-3-9-20(15-28)27(22)14-18-7-5-8-19(13-18)21-16-31-17-26-21/h5-8,11-13,15-17,20,22H,3-4,9-10,14H2,1-2H3. The number of hydrogen-bond donors (Lipinski definition) is 0. The summed E-state index contributed by atoms with van der Waals surface area (Å²) >= 11 is 1.59. The van der Waals surface area contributed by atoms with E-state index >= 15 is 0 Å². The number of rotatable bonds is 7. The highest BCUT2D eigenvalue weighted by atomic mass is 32.1. The molecule has 2 aromatic carbocycles. The van der Waals surface area contributed by atoms with Gasteiger partial charge in [0, 0.05) is 23.5 Å². The molecule has 2 atom stereocenters. The van der Waals surface area contributed by atoms with Crippen LogP contribution in [-0.4, -0.2) is 36.4 Å². The van der Waals surface area contributed by atoms with E-state index in [1.54, 1.807) is 25.6 Å². The first-order chi connectivity index (χ1) is 15.2. The largest absolute Gasteiger partial charge is 0.496 e. The molecule has 0 spiro atoms. The Balaban J connectivity index is 1.74. The minimum atomic E-state index is -0.148. The van der Waals surface area contributed by atoms with E-state index in [-0.39, 0.29) is 12.1 Å². The third kappa shape index (κ3) is 4.65. The highest BCUT2D eigenvalue weighted by molar-refractivity contribution is 7.07. The predicted octanol–water partition coefficient (Wildman–Crippen LogP) is 5.51. The van der Waals surface area contributed by atoms with Crippen molar-refractivity contribution in [2.24, 2.45) is 0 Å². The predicted molar refractivity (Wildman–Crippen MR) is 124 cm³/mol. The van der Waals surface area contributed by atoms with Gasteiger partial charge in [0.05, 0.1) is 37.0 Å². The Morgan fingerprint density at radius 2 is 1.84 bits per heavy atom. The number of thiazole rings is 1. The van der Waals surface area contributed by atoms with Crippen LogP contribution in [0.3, 0.4) is 0 Å². The summed E-state index contributed by atoms with van der Waals surface area (Å²) < 4.78 is 11.4.